The summed E-state index contributed by atoms with van der Waals surface area (Å²) in [6, 6.07) is 9.07. The number of hydrogen-bond donors (Lipinski definition) is 2. The van der Waals surface area contributed by atoms with Crippen LogP contribution in [0.5, 0.6) is 0 Å². The maximum absolute atomic E-state index is 17.2. The highest BCUT2D eigenvalue weighted by molar-refractivity contribution is 6.03. The van der Waals surface area contributed by atoms with E-state index in [2.05, 4.69) is 0 Å². The van der Waals surface area contributed by atoms with Crippen LogP contribution in [-0.4, -0.2) is 97.1 Å². The molecule has 1 aliphatic rings. The lowest BCUT2D eigenvalue weighted by atomic mass is 9.81. The molecule has 53 heavy (non-hydrogen) atoms. The molecular weight excluding hydrogens is 694 g/mol. The van der Waals surface area contributed by atoms with E-state index in [9.17, 15) is 24.0 Å². The Morgan fingerprint density at radius 1 is 0.736 bits per heavy atom. The minimum absolute atomic E-state index is 0.156. The van der Waals surface area contributed by atoms with Gasteiger partial charge in [0.25, 0.3) is 11.8 Å². The zero-order chi connectivity index (χ0) is 39.1. The topological polar surface area (TPSA) is 181 Å². The van der Waals surface area contributed by atoms with E-state index in [1.807, 2.05) is 0 Å². The summed E-state index contributed by atoms with van der Waals surface area (Å²) < 4.78 is 55.2. The van der Waals surface area contributed by atoms with Gasteiger partial charge in [0.1, 0.15) is 37.4 Å². The fourth-order valence-electron chi connectivity index (χ4n) is 6.46. The van der Waals surface area contributed by atoms with Crippen molar-refractivity contribution in [3.05, 3.63) is 71.8 Å². The number of benzene rings is 2. The standard InChI is InChI=1S/C38H52F2N4O9/c1-25(2)32(44(35(47)30(42)24-51-4)37(49)53-22-28-18-12-7-13-19-28)38(39,40)33(45)31(20-26-14-8-5-9-15-26)43(34(46)29(41)23-50-3)36(48)52-21-27-16-10-6-11-17-27/h6-7,10-13,16-19,25-26,29-32H,5,8-9,14-15,20-24,41-42H2,1-4H3/t29-,30-,31?,32?/m0/s1. The molecule has 0 aliphatic heterocycles. The molecule has 0 spiro atoms. The number of ether oxygens (including phenoxy) is 4. The van der Waals surface area contributed by atoms with Crippen LogP contribution < -0.4 is 11.5 Å². The second kappa shape index (κ2) is 20.8. The molecule has 0 radical (unpaired) electrons. The molecule has 0 saturated heterocycles. The molecule has 13 nitrogen and oxygen atoms in total. The Labute approximate surface area is 309 Å². The maximum Gasteiger partial charge on any atom is 0.417 e. The third-order valence-corrected chi connectivity index (χ3v) is 9.11. The summed E-state index contributed by atoms with van der Waals surface area (Å²) in [7, 11) is 2.49. The van der Waals surface area contributed by atoms with Crippen LogP contribution in [0.1, 0.15) is 63.5 Å². The number of carbonyl (C=O) groups excluding carboxylic acids is 5. The van der Waals surface area contributed by atoms with E-state index < -0.39 is 79.0 Å². The van der Waals surface area contributed by atoms with Crippen molar-refractivity contribution >= 4 is 29.8 Å². The van der Waals surface area contributed by atoms with Crippen LogP contribution in [0.25, 0.3) is 0 Å². The Kier molecular flexibility index (Phi) is 16.9. The van der Waals surface area contributed by atoms with Crippen molar-refractivity contribution in [1.82, 2.24) is 9.80 Å². The summed E-state index contributed by atoms with van der Waals surface area (Å²) in [5, 5.41) is 0. The average Bonchev–Trinajstić information content (AvgIpc) is 3.15. The molecule has 15 heteroatoms. The Balaban J connectivity index is 2.13. The van der Waals surface area contributed by atoms with Gasteiger partial charge in [0, 0.05) is 14.2 Å². The number of halogens is 2. The largest absolute Gasteiger partial charge is 0.444 e. The number of hydrogen-bond acceptors (Lipinski definition) is 11. The number of ketones is 1. The van der Waals surface area contributed by atoms with Crippen molar-refractivity contribution in [3.63, 3.8) is 0 Å². The Morgan fingerprint density at radius 3 is 1.60 bits per heavy atom. The van der Waals surface area contributed by atoms with Crippen LogP contribution in [0, 0.1) is 11.8 Å². The van der Waals surface area contributed by atoms with Crippen LogP contribution in [0.15, 0.2) is 60.7 Å². The summed E-state index contributed by atoms with van der Waals surface area (Å²) in [6.07, 6.45) is 0.322. The van der Waals surface area contributed by atoms with Gasteiger partial charge in [-0.2, -0.15) is 8.78 Å². The van der Waals surface area contributed by atoms with Gasteiger partial charge in [-0.1, -0.05) is 107 Å². The van der Waals surface area contributed by atoms with Crippen molar-refractivity contribution in [1.29, 1.82) is 0 Å². The van der Waals surface area contributed by atoms with Crippen molar-refractivity contribution < 1.29 is 51.7 Å². The van der Waals surface area contributed by atoms with E-state index in [0.29, 0.717) is 28.9 Å². The molecule has 1 saturated carbocycles. The van der Waals surface area contributed by atoms with Crippen LogP contribution >= 0.6 is 0 Å². The molecule has 2 aromatic rings. The lowest BCUT2D eigenvalue weighted by Crippen LogP contribution is -2.66. The number of Topliss-reactive ketones (excluding diaryl/α,β-unsaturated/α-hetero) is 1. The number of nitrogens with zero attached hydrogens (tertiary/aromatic N) is 2. The summed E-state index contributed by atoms with van der Waals surface area (Å²) in [5.74, 6) is -10.5. The molecule has 1 aliphatic carbocycles. The molecule has 0 heterocycles. The van der Waals surface area contributed by atoms with E-state index in [0.717, 1.165) is 19.3 Å². The first kappa shape index (κ1) is 43.1. The van der Waals surface area contributed by atoms with Gasteiger partial charge in [0.2, 0.25) is 5.78 Å². The molecule has 3 rings (SSSR count). The van der Waals surface area contributed by atoms with Gasteiger partial charge >= 0.3 is 18.1 Å². The predicted octanol–water partition coefficient (Wildman–Crippen LogP) is 4.83. The van der Waals surface area contributed by atoms with Gasteiger partial charge < -0.3 is 30.4 Å². The first-order valence-corrected chi connectivity index (χ1v) is 17.7. The number of amides is 4. The van der Waals surface area contributed by atoms with E-state index in [-0.39, 0.29) is 30.5 Å². The minimum atomic E-state index is -4.56. The third kappa shape index (κ3) is 11.8. The summed E-state index contributed by atoms with van der Waals surface area (Å²) in [5.41, 5.74) is 13.1. The second-order valence-electron chi connectivity index (χ2n) is 13.6. The Morgan fingerprint density at radius 2 is 1.17 bits per heavy atom. The fourth-order valence-corrected chi connectivity index (χ4v) is 6.46. The quantitative estimate of drug-likeness (QED) is 0.213. The van der Waals surface area contributed by atoms with Crippen LogP contribution in [0.2, 0.25) is 0 Å². The highest BCUT2D eigenvalue weighted by Crippen LogP contribution is 2.37. The van der Waals surface area contributed by atoms with Gasteiger partial charge in [-0.05, 0) is 29.4 Å². The number of alkyl halides is 2. The lowest BCUT2D eigenvalue weighted by Gasteiger charge is -2.40. The number of methoxy groups -OCH3 is 2. The molecular formula is C38H52F2N4O9. The monoisotopic (exact) mass is 746 g/mol. The molecule has 4 atom stereocenters. The molecule has 4 amide bonds. The van der Waals surface area contributed by atoms with E-state index in [1.165, 1.54) is 28.1 Å². The first-order chi connectivity index (χ1) is 25.2. The molecule has 0 aromatic heterocycles. The van der Waals surface area contributed by atoms with Crippen LogP contribution in [0.3, 0.4) is 0 Å². The molecule has 292 valence electrons. The van der Waals surface area contributed by atoms with Gasteiger partial charge in [0.05, 0.1) is 13.2 Å². The third-order valence-electron chi connectivity index (χ3n) is 9.11. The molecule has 4 N–H and O–H groups in total. The van der Waals surface area contributed by atoms with Gasteiger partial charge in [-0.3, -0.25) is 14.4 Å². The SMILES string of the molecule is COC[C@H](N)C(=O)N(C(=O)OCc1ccccc1)C(CC1CCCCC1)C(=O)C(F)(F)C(C(C)C)N(C(=O)OCc1ccccc1)C(=O)[C@@H](N)COC. The highest BCUT2D eigenvalue weighted by atomic mass is 19.3. The summed E-state index contributed by atoms with van der Waals surface area (Å²) in [4.78, 5) is 70.2. The van der Waals surface area contributed by atoms with Crippen molar-refractivity contribution in [3.8, 4) is 0 Å². The summed E-state index contributed by atoms with van der Waals surface area (Å²) >= 11 is 0. The minimum Gasteiger partial charge on any atom is -0.444 e. The smallest absolute Gasteiger partial charge is 0.417 e. The summed E-state index contributed by atoms with van der Waals surface area (Å²) in [6.45, 7) is 1.02. The zero-order valence-corrected chi connectivity index (χ0v) is 30.8. The number of imide groups is 2. The van der Waals surface area contributed by atoms with E-state index in [1.54, 1.807) is 60.7 Å². The first-order valence-electron chi connectivity index (χ1n) is 17.7. The maximum atomic E-state index is 17.2. The van der Waals surface area contributed by atoms with Gasteiger partial charge in [-0.15, -0.1) is 0 Å². The van der Waals surface area contributed by atoms with Gasteiger partial charge in [-0.25, -0.2) is 19.4 Å². The zero-order valence-electron chi connectivity index (χ0n) is 30.8. The van der Waals surface area contributed by atoms with Crippen molar-refractivity contribution in [2.75, 3.05) is 27.4 Å². The Hall–Kier alpha value is -4.31. The molecule has 1 fully saturated rings. The van der Waals surface area contributed by atoms with Crippen LogP contribution in [0.4, 0.5) is 18.4 Å². The fraction of sp³-hybridized carbons (Fsp3) is 0.553. The normalized spacial score (nSPS) is 15.9. The number of nitrogens with two attached hydrogens (primary N) is 2. The molecule has 2 aromatic carbocycles. The van der Waals surface area contributed by atoms with E-state index >= 15 is 8.78 Å². The van der Waals surface area contributed by atoms with E-state index in [4.69, 9.17) is 30.4 Å². The van der Waals surface area contributed by atoms with Gasteiger partial charge in [0.15, 0.2) is 0 Å². The number of rotatable bonds is 18. The molecule has 0 bridgehead atoms. The lowest BCUT2D eigenvalue weighted by molar-refractivity contribution is -0.169. The van der Waals surface area contributed by atoms with Crippen molar-refractivity contribution in [2.45, 2.75) is 95.7 Å². The highest BCUT2D eigenvalue weighted by Gasteiger charge is 2.59. The predicted molar refractivity (Wildman–Crippen MR) is 190 cm³/mol. The van der Waals surface area contributed by atoms with Crippen molar-refractivity contribution in [2.24, 2.45) is 23.3 Å². The average molecular weight is 747 g/mol. The molecule has 2 unspecified atom stereocenters. The number of carbonyl (C=O) groups is 5. The Bertz CT molecular complexity index is 1490. The second-order valence-corrected chi connectivity index (χ2v) is 13.6. The van der Waals surface area contributed by atoms with Crippen LogP contribution in [-0.2, 0) is 46.5 Å².